The van der Waals surface area contributed by atoms with Gasteiger partial charge in [-0.3, -0.25) is 4.99 Å². The third-order valence-electron chi connectivity index (χ3n) is 3.96. The summed E-state index contributed by atoms with van der Waals surface area (Å²) in [5.41, 5.74) is 2.21. The summed E-state index contributed by atoms with van der Waals surface area (Å²) in [7, 11) is 1.73. The summed E-state index contributed by atoms with van der Waals surface area (Å²) in [6.07, 6.45) is -0.0907. The fraction of sp³-hybridized carbons (Fsp3) is 0.250. The van der Waals surface area contributed by atoms with Gasteiger partial charge >= 0.3 is 0 Å². The molecular formula is C20H24FIN4O. The Bertz CT molecular complexity index is 846. The number of hydrogen-bond donors (Lipinski definition) is 3. The van der Waals surface area contributed by atoms with Crippen molar-refractivity contribution in [2.24, 2.45) is 4.99 Å². The lowest BCUT2D eigenvalue weighted by Gasteiger charge is -2.17. The predicted molar refractivity (Wildman–Crippen MR) is 118 cm³/mol. The molecule has 0 aliphatic carbocycles. The molecule has 1 atom stereocenters. The standard InChI is InChI=1S/C20H23FN4O.HI/c1-14(26-18-9-7-16(21)8-10-18)12-23-20(22-2)24-13-17-11-15-5-3-4-6-19(15)25-17;/h3-11,14,25H,12-13H2,1-2H3,(H2,22,23,24);1H. The Kier molecular flexibility index (Phi) is 7.90. The first-order valence-corrected chi connectivity index (χ1v) is 8.57. The lowest BCUT2D eigenvalue weighted by molar-refractivity contribution is 0.223. The second kappa shape index (κ2) is 10.1. The van der Waals surface area contributed by atoms with Gasteiger partial charge in [0.05, 0.1) is 13.1 Å². The Morgan fingerprint density at radius 3 is 2.59 bits per heavy atom. The molecule has 0 radical (unpaired) electrons. The van der Waals surface area contributed by atoms with Crippen molar-refractivity contribution in [2.75, 3.05) is 13.6 Å². The van der Waals surface area contributed by atoms with Gasteiger partial charge in [-0.2, -0.15) is 0 Å². The van der Waals surface area contributed by atoms with E-state index in [0.717, 1.165) is 11.2 Å². The molecule has 2 aromatic carbocycles. The van der Waals surface area contributed by atoms with Crippen LogP contribution in [-0.4, -0.2) is 30.6 Å². The summed E-state index contributed by atoms with van der Waals surface area (Å²) in [5, 5.41) is 7.70. The minimum atomic E-state index is -0.273. The first-order valence-electron chi connectivity index (χ1n) is 8.57. The van der Waals surface area contributed by atoms with Crippen LogP contribution < -0.4 is 15.4 Å². The van der Waals surface area contributed by atoms with Crippen molar-refractivity contribution in [1.82, 2.24) is 15.6 Å². The zero-order chi connectivity index (χ0) is 18.4. The van der Waals surface area contributed by atoms with Crippen LogP contribution in [0, 0.1) is 5.82 Å². The second-order valence-electron chi connectivity index (χ2n) is 6.07. The molecule has 0 aliphatic rings. The molecule has 0 aliphatic heterocycles. The Labute approximate surface area is 175 Å². The molecule has 0 fully saturated rings. The molecule has 0 spiro atoms. The molecule has 5 nitrogen and oxygen atoms in total. The van der Waals surface area contributed by atoms with Crippen LogP contribution >= 0.6 is 24.0 Å². The van der Waals surface area contributed by atoms with E-state index in [2.05, 4.69) is 38.8 Å². The molecule has 1 heterocycles. The zero-order valence-corrected chi connectivity index (χ0v) is 17.7. The third-order valence-corrected chi connectivity index (χ3v) is 3.96. The number of aromatic nitrogens is 1. The second-order valence-corrected chi connectivity index (χ2v) is 6.07. The van der Waals surface area contributed by atoms with Gasteiger partial charge in [0, 0.05) is 18.3 Å². The van der Waals surface area contributed by atoms with Gasteiger partial charge in [-0.25, -0.2) is 4.39 Å². The number of benzene rings is 2. The molecule has 0 saturated carbocycles. The van der Waals surface area contributed by atoms with Crippen LogP contribution in [0.3, 0.4) is 0 Å². The highest BCUT2D eigenvalue weighted by molar-refractivity contribution is 14.0. The van der Waals surface area contributed by atoms with Crippen LogP contribution in [0.5, 0.6) is 5.75 Å². The number of para-hydroxylation sites is 1. The van der Waals surface area contributed by atoms with E-state index in [9.17, 15) is 4.39 Å². The summed E-state index contributed by atoms with van der Waals surface area (Å²) in [6, 6.07) is 16.3. The molecule has 3 N–H and O–H groups in total. The Hall–Kier alpha value is -2.29. The summed E-state index contributed by atoms with van der Waals surface area (Å²) in [6.45, 7) is 3.16. The normalized spacial score (nSPS) is 12.3. The number of halogens is 2. The number of rotatable bonds is 6. The molecule has 7 heteroatoms. The van der Waals surface area contributed by atoms with E-state index in [1.165, 1.54) is 17.5 Å². The van der Waals surface area contributed by atoms with Crippen molar-refractivity contribution in [1.29, 1.82) is 0 Å². The minimum Gasteiger partial charge on any atom is -0.489 e. The van der Waals surface area contributed by atoms with Crippen molar-refractivity contribution in [3.05, 3.63) is 66.1 Å². The first-order chi connectivity index (χ1) is 12.6. The average molecular weight is 482 g/mol. The molecule has 1 unspecified atom stereocenters. The first kappa shape index (κ1) is 21.0. The number of nitrogens with one attached hydrogen (secondary N) is 3. The highest BCUT2D eigenvalue weighted by Gasteiger charge is 2.07. The summed E-state index contributed by atoms with van der Waals surface area (Å²) in [4.78, 5) is 7.60. The molecule has 0 saturated heterocycles. The van der Waals surface area contributed by atoms with Crippen molar-refractivity contribution >= 4 is 40.8 Å². The van der Waals surface area contributed by atoms with Crippen molar-refractivity contribution in [2.45, 2.75) is 19.6 Å². The van der Waals surface area contributed by atoms with Crippen LogP contribution in [0.4, 0.5) is 4.39 Å². The van der Waals surface area contributed by atoms with E-state index in [1.54, 1.807) is 19.2 Å². The summed E-state index contributed by atoms with van der Waals surface area (Å²) < 4.78 is 18.7. The summed E-state index contributed by atoms with van der Waals surface area (Å²) >= 11 is 0. The van der Waals surface area contributed by atoms with Crippen LogP contribution in [0.15, 0.2) is 59.6 Å². The molecule has 0 bridgehead atoms. The maximum atomic E-state index is 12.9. The van der Waals surface area contributed by atoms with Crippen molar-refractivity contribution in [3.8, 4) is 5.75 Å². The van der Waals surface area contributed by atoms with Gasteiger partial charge in [0.25, 0.3) is 0 Å². The quantitative estimate of drug-likeness (QED) is 0.282. The number of fused-ring (bicyclic) bond motifs is 1. The van der Waals surface area contributed by atoms with Gasteiger partial charge in [0.2, 0.25) is 0 Å². The van der Waals surface area contributed by atoms with Crippen LogP contribution in [0.1, 0.15) is 12.6 Å². The van der Waals surface area contributed by atoms with Crippen LogP contribution in [-0.2, 0) is 6.54 Å². The van der Waals surface area contributed by atoms with E-state index in [4.69, 9.17) is 4.74 Å². The van der Waals surface area contributed by atoms with E-state index in [-0.39, 0.29) is 35.9 Å². The number of ether oxygens (including phenoxy) is 1. The highest BCUT2D eigenvalue weighted by Crippen LogP contribution is 2.14. The molecule has 3 rings (SSSR count). The zero-order valence-electron chi connectivity index (χ0n) is 15.3. The fourth-order valence-electron chi connectivity index (χ4n) is 2.66. The Balaban J connectivity index is 0.00000261. The molecule has 0 amide bonds. The monoisotopic (exact) mass is 482 g/mol. The number of aromatic amines is 1. The van der Waals surface area contributed by atoms with Gasteiger partial charge in [0.15, 0.2) is 5.96 Å². The Morgan fingerprint density at radius 2 is 1.89 bits per heavy atom. The largest absolute Gasteiger partial charge is 0.489 e. The van der Waals surface area contributed by atoms with E-state index in [1.807, 2.05) is 19.1 Å². The van der Waals surface area contributed by atoms with Gasteiger partial charge < -0.3 is 20.4 Å². The van der Waals surface area contributed by atoms with Gasteiger partial charge in [-0.1, -0.05) is 18.2 Å². The van der Waals surface area contributed by atoms with Gasteiger partial charge in [-0.15, -0.1) is 24.0 Å². The SMILES string of the molecule is CN=C(NCc1cc2ccccc2[nH]1)NCC(C)Oc1ccc(F)cc1.I. The molecule has 3 aromatic rings. The predicted octanol–water partition coefficient (Wildman–Crippen LogP) is 4.06. The topological polar surface area (TPSA) is 61.4 Å². The molecule has 1 aromatic heterocycles. The number of aliphatic imine (C=N–C) groups is 1. The minimum absolute atomic E-state index is 0. The molecule has 144 valence electrons. The number of guanidine groups is 1. The highest BCUT2D eigenvalue weighted by atomic mass is 127. The summed E-state index contributed by atoms with van der Waals surface area (Å²) in [5.74, 6) is 1.06. The maximum Gasteiger partial charge on any atom is 0.191 e. The average Bonchev–Trinajstić information content (AvgIpc) is 3.06. The number of nitrogens with zero attached hydrogens (tertiary/aromatic N) is 1. The number of hydrogen-bond acceptors (Lipinski definition) is 2. The smallest absolute Gasteiger partial charge is 0.191 e. The number of H-pyrrole nitrogens is 1. The lowest BCUT2D eigenvalue weighted by atomic mass is 10.2. The fourth-order valence-corrected chi connectivity index (χ4v) is 2.66. The lowest BCUT2D eigenvalue weighted by Crippen LogP contribution is -2.41. The maximum absolute atomic E-state index is 12.9. The van der Waals surface area contributed by atoms with E-state index < -0.39 is 0 Å². The third kappa shape index (κ3) is 6.13. The van der Waals surface area contributed by atoms with E-state index in [0.29, 0.717) is 24.8 Å². The van der Waals surface area contributed by atoms with Crippen LogP contribution in [0.25, 0.3) is 10.9 Å². The van der Waals surface area contributed by atoms with E-state index >= 15 is 0 Å². The van der Waals surface area contributed by atoms with Crippen molar-refractivity contribution in [3.63, 3.8) is 0 Å². The molecular weight excluding hydrogens is 458 g/mol. The van der Waals surface area contributed by atoms with Gasteiger partial charge in [-0.05, 0) is 48.7 Å². The van der Waals surface area contributed by atoms with Crippen molar-refractivity contribution < 1.29 is 9.13 Å². The van der Waals surface area contributed by atoms with Gasteiger partial charge in [0.1, 0.15) is 17.7 Å². The Morgan fingerprint density at radius 1 is 1.15 bits per heavy atom. The van der Waals surface area contributed by atoms with Crippen LogP contribution in [0.2, 0.25) is 0 Å². The molecule has 27 heavy (non-hydrogen) atoms.